The predicted octanol–water partition coefficient (Wildman–Crippen LogP) is 0.459. The lowest BCUT2D eigenvalue weighted by atomic mass is 10.3. The number of nitrogens with one attached hydrogen (secondary N) is 1. The number of aryl methyl sites for hydroxylation is 1. The topological polar surface area (TPSA) is 107 Å². The number of nitrogens with zero attached hydrogens (tertiary/aromatic N) is 2. The summed E-state index contributed by atoms with van der Waals surface area (Å²) in [5, 5.41) is 7.28. The van der Waals surface area contributed by atoms with Crippen molar-refractivity contribution in [3.8, 4) is 0 Å². The Kier molecular flexibility index (Phi) is 3.55. The van der Waals surface area contributed by atoms with Crippen LogP contribution in [0.1, 0.15) is 10.5 Å². The molecule has 2 aromatic rings. The van der Waals surface area contributed by atoms with E-state index in [1.165, 1.54) is 12.5 Å². The highest BCUT2D eigenvalue weighted by Gasteiger charge is 2.18. The molecule has 20 heavy (non-hydrogen) atoms. The molecule has 1 amide bonds. The van der Waals surface area contributed by atoms with Crippen molar-refractivity contribution in [1.82, 2.24) is 9.55 Å². The van der Waals surface area contributed by atoms with Gasteiger partial charge in [-0.05, 0) is 18.2 Å². The Hall–Kier alpha value is -2.26. The lowest BCUT2D eigenvalue weighted by Crippen LogP contribution is -2.19. The molecule has 1 aromatic heterocycles. The number of benzene rings is 1. The van der Waals surface area contributed by atoms with Crippen molar-refractivity contribution in [2.24, 2.45) is 12.2 Å². The number of imidazole rings is 1. The van der Waals surface area contributed by atoms with Gasteiger partial charge in [0.1, 0.15) is 16.4 Å². The van der Waals surface area contributed by atoms with Gasteiger partial charge in [-0.1, -0.05) is 0 Å². The number of carbonyl (C=O) groups excluding carboxylic acids is 1. The van der Waals surface area contributed by atoms with Gasteiger partial charge < -0.3 is 9.88 Å². The summed E-state index contributed by atoms with van der Waals surface area (Å²) in [5.41, 5.74) is -0.166. The van der Waals surface area contributed by atoms with E-state index < -0.39 is 21.7 Å². The molecule has 106 valence electrons. The van der Waals surface area contributed by atoms with E-state index in [4.69, 9.17) is 5.14 Å². The van der Waals surface area contributed by atoms with Gasteiger partial charge in [-0.25, -0.2) is 22.9 Å². The summed E-state index contributed by atoms with van der Waals surface area (Å²) in [6.07, 6.45) is 2.84. The van der Waals surface area contributed by atoms with Crippen molar-refractivity contribution in [2.45, 2.75) is 4.90 Å². The van der Waals surface area contributed by atoms with Crippen LogP contribution in [0.25, 0.3) is 0 Å². The minimum atomic E-state index is -4.08. The van der Waals surface area contributed by atoms with E-state index in [-0.39, 0.29) is 16.3 Å². The zero-order valence-electron chi connectivity index (χ0n) is 10.4. The summed E-state index contributed by atoms with van der Waals surface area (Å²) in [6, 6.07) is 2.80. The minimum Gasteiger partial charge on any atom is -0.340 e. The standard InChI is InChI=1S/C11H11FN4O3S/c1-16-5-9(14-6-16)11(17)15-8-4-7(12)2-3-10(8)20(13,18)19/h2-6H,1H3,(H,15,17)(H2,13,18,19). The molecule has 0 unspecified atom stereocenters. The van der Waals surface area contributed by atoms with Gasteiger partial charge in [0.2, 0.25) is 10.0 Å². The van der Waals surface area contributed by atoms with Crippen molar-refractivity contribution in [2.75, 3.05) is 5.32 Å². The first kappa shape index (κ1) is 14.2. The molecule has 0 bridgehead atoms. The van der Waals surface area contributed by atoms with E-state index in [1.54, 1.807) is 11.6 Å². The first-order chi connectivity index (χ1) is 9.27. The summed E-state index contributed by atoms with van der Waals surface area (Å²) in [5.74, 6) is -1.37. The van der Waals surface area contributed by atoms with Gasteiger partial charge in [0, 0.05) is 13.2 Å². The zero-order chi connectivity index (χ0) is 14.9. The minimum absolute atomic E-state index is 0.0668. The van der Waals surface area contributed by atoms with Crippen LogP contribution >= 0.6 is 0 Å². The van der Waals surface area contributed by atoms with Gasteiger partial charge in [0.25, 0.3) is 5.91 Å². The number of primary sulfonamides is 1. The largest absolute Gasteiger partial charge is 0.340 e. The summed E-state index contributed by atoms with van der Waals surface area (Å²) in [4.78, 5) is 15.3. The summed E-state index contributed by atoms with van der Waals surface area (Å²) >= 11 is 0. The van der Waals surface area contributed by atoms with Crippen LogP contribution in [0.5, 0.6) is 0 Å². The maximum Gasteiger partial charge on any atom is 0.275 e. The number of hydrogen-bond acceptors (Lipinski definition) is 4. The highest BCUT2D eigenvalue weighted by atomic mass is 32.2. The molecule has 9 heteroatoms. The van der Waals surface area contributed by atoms with Crippen LogP contribution in [0.2, 0.25) is 0 Å². The van der Waals surface area contributed by atoms with Gasteiger partial charge in [-0.15, -0.1) is 0 Å². The van der Waals surface area contributed by atoms with E-state index in [0.717, 1.165) is 18.2 Å². The highest BCUT2D eigenvalue weighted by Crippen LogP contribution is 2.21. The van der Waals surface area contributed by atoms with Crippen LogP contribution in [0, 0.1) is 5.82 Å². The Labute approximate surface area is 114 Å². The molecule has 0 atom stereocenters. The number of amides is 1. The molecular formula is C11H11FN4O3S. The van der Waals surface area contributed by atoms with Crippen molar-refractivity contribution in [3.63, 3.8) is 0 Å². The smallest absolute Gasteiger partial charge is 0.275 e. The quantitative estimate of drug-likeness (QED) is 0.858. The molecule has 7 nitrogen and oxygen atoms in total. The van der Waals surface area contributed by atoms with Crippen molar-refractivity contribution >= 4 is 21.6 Å². The van der Waals surface area contributed by atoms with Crippen LogP contribution in [0.15, 0.2) is 35.6 Å². The molecular weight excluding hydrogens is 287 g/mol. The molecule has 0 saturated carbocycles. The first-order valence-corrected chi connectivity index (χ1v) is 6.93. The fourth-order valence-electron chi connectivity index (χ4n) is 1.56. The Morgan fingerprint density at radius 1 is 1.45 bits per heavy atom. The van der Waals surface area contributed by atoms with Gasteiger partial charge in [-0.3, -0.25) is 4.79 Å². The Morgan fingerprint density at radius 3 is 2.70 bits per heavy atom. The maximum atomic E-state index is 13.2. The predicted molar refractivity (Wildman–Crippen MR) is 68.9 cm³/mol. The van der Waals surface area contributed by atoms with Gasteiger partial charge in [-0.2, -0.15) is 0 Å². The molecule has 0 saturated heterocycles. The van der Waals surface area contributed by atoms with E-state index in [1.807, 2.05) is 0 Å². The number of rotatable bonds is 3. The average Bonchev–Trinajstić information content (AvgIpc) is 2.74. The Bertz CT molecular complexity index is 770. The lowest BCUT2D eigenvalue weighted by Gasteiger charge is -2.08. The molecule has 0 radical (unpaired) electrons. The van der Waals surface area contributed by atoms with E-state index >= 15 is 0 Å². The third-order valence-corrected chi connectivity index (χ3v) is 3.40. The Morgan fingerprint density at radius 2 is 2.15 bits per heavy atom. The number of nitrogens with two attached hydrogens (primary N) is 1. The van der Waals surface area contributed by atoms with E-state index in [9.17, 15) is 17.6 Å². The van der Waals surface area contributed by atoms with Gasteiger partial charge >= 0.3 is 0 Å². The second-order valence-electron chi connectivity index (χ2n) is 4.06. The molecule has 0 fully saturated rings. The van der Waals surface area contributed by atoms with Crippen LogP contribution in [-0.2, 0) is 17.1 Å². The first-order valence-electron chi connectivity index (χ1n) is 5.39. The van der Waals surface area contributed by atoms with Crippen molar-refractivity contribution in [1.29, 1.82) is 0 Å². The summed E-state index contributed by atoms with van der Waals surface area (Å²) in [7, 11) is -2.41. The molecule has 0 aliphatic carbocycles. The normalized spacial score (nSPS) is 11.3. The third kappa shape index (κ3) is 3.00. The van der Waals surface area contributed by atoms with Crippen LogP contribution in [-0.4, -0.2) is 23.9 Å². The van der Waals surface area contributed by atoms with Crippen LogP contribution in [0.4, 0.5) is 10.1 Å². The third-order valence-electron chi connectivity index (χ3n) is 2.43. The van der Waals surface area contributed by atoms with Crippen molar-refractivity contribution in [3.05, 3.63) is 42.2 Å². The SMILES string of the molecule is Cn1cnc(C(=O)Nc2cc(F)ccc2S(N)(=O)=O)c1. The lowest BCUT2D eigenvalue weighted by molar-refractivity contribution is 0.102. The molecule has 2 rings (SSSR count). The molecule has 0 aliphatic heterocycles. The second kappa shape index (κ2) is 5.02. The number of anilines is 1. The Balaban J connectivity index is 2.38. The summed E-state index contributed by atoms with van der Waals surface area (Å²) in [6.45, 7) is 0. The number of carbonyl (C=O) groups is 1. The monoisotopic (exact) mass is 298 g/mol. The number of aromatic nitrogens is 2. The van der Waals surface area contributed by atoms with Crippen LogP contribution in [0.3, 0.4) is 0 Å². The second-order valence-corrected chi connectivity index (χ2v) is 5.59. The van der Waals surface area contributed by atoms with Gasteiger partial charge in [0.15, 0.2) is 0 Å². The van der Waals surface area contributed by atoms with Gasteiger partial charge in [0.05, 0.1) is 12.0 Å². The number of halogens is 1. The molecule has 1 heterocycles. The fraction of sp³-hybridized carbons (Fsp3) is 0.0909. The number of sulfonamides is 1. The molecule has 0 aliphatic rings. The fourth-order valence-corrected chi connectivity index (χ4v) is 2.24. The molecule has 0 spiro atoms. The zero-order valence-corrected chi connectivity index (χ0v) is 11.2. The highest BCUT2D eigenvalue weighted by molar-refractivity contribution is 7.89. The van der Waals surface area contributed by atoms with Crippen LogP contribution < -0.4 is 10.5 Å². The van der Waals surface area contributed by atoms with Crippen molar-refractivity contribution < 1.29 is 17.6 Å². The summed E-state index contributed by atoms with van der Waals surface area (Å²) < 4.78 is 37.5. The van der Waals surface area contributed by atoms with E-state index in [0.29, 0.717) is 0 Å². The maximum absolute atomic E-state index is 13.2. The number of hydrogen-bond donors (Lipinski definition) is 2. The molecule has 1 aromatic carbocycles. The molecule has 3 N–H and O–H groups in total. The average molecular weight is 298 g/mol. The van der Waals surface area contributed by atoms with E-state index in [2.05, 4.69) is 10.3 Å².